The predicted octanol–water partition coefficient (Wildman–Crippen LogP) is 3.71. The third-order valence-electron chi connectivity index (χ3n) is 4.25. The minimum atomic E-state index is 0.865. The number of nitrogens with one attached hydrogen (secondary N) is 2. The second kappa shape index (κ2) is 7.46. The molecule has 1 saturated carbocycles. The average Bonchev–Trinajstić information content (AvgIpc) is 2.47. The molecular formula is C16H28N4. The molecule has 0 amide bonds. The summed E-state index contributed by atoms with van der Waals surface area (Å²) in [5.41, 5.74) is 0. The van der Waals surface area contributed by atoms with Crippen molar-refractivity contribution in [3.63, 3.8) is 0 Å². The molecule has 1 fully saturated rings. The third kappa shape index (κ3) is 4.36. The topological polar surface area (TPSA) is 49.8 Å². The Balaban J connectivity index is 1.84. The third-order valence-corrected chi connectivity index (χ3v) is 4.25. The molecule has 2 atom stereocenters. The molecule has 2 N–H and O–H groups in total. The molecule has 20 heavy (non-hydrogen) atoms. The van der Waals surface area contributed by atoms with Crippen LogP contribution in [0.2, 0.25) is 0 Å². The normalized spacial score (nSPS) is 22.6. The summed E-state index contributed by atoms with van der Waals surface area (Å²) in [6.45, 7) is 5.49. The van der Waals surface area contributed by atoms with E-state index >= 15 is 0 Å². The smallest absolute Gasteiger partial charge is 0.132 e. The lowest BCUT2D eigenvalue weighted by molar-refractivity contribution is 0.274. The first-order valence-corrected chi connectivity index (χ1v) is 8.00. The van der Waals surface area contributed by atoms with Gasteiger partial charge in [0.1, 0.15) is 17.5 Å². The monoisotopic (exact) mass is 276 g/mol. The molecule has 4 nitrogen and oxygen atoms in total. The van der Waals surface area contributed by atoms with Gasteiger partial charge in [-0.3, -0.25) is 0 Å². The minimum Gasteiger partial charge on any atom is -0.373 e. The van der Waals surface area contributed by atoms with Gasteiger partial charge in [-0.25, -0.2) is 9.97 Å². The van der Waals surface area contributed by atoms with Gasteiger partial charge in [0.25, 0.3) is 0 Å². The number of hydrogen-bond acceptors (Lipinski definition) is 4. The molecule has 0 radical (unpaired) electrons. The van der Waals surface area contributed by atoms with Gasteiger partial charge in [0.2, 0.25) is 0 Å². The molecule has 0 saturated heterocycles. The van der Waals surface area contributed by atoms with Crippen molar-refractivity contribution in [3.05, 3.63) is 11.9 Å². The Morgan fingerprint density at radius 1 is 1.25 bits per heavy atom. The summed E-state index contributed by atoms with van der Waals surface area (Å²) in [6.07, 6.45) is 7.74. The molecule has 2 rings (SSSR count). The van der Waals surface area contributed by atoms with Crippen molar-refractivity contribution in [2.45, 2.75) is 52.4 Å². The van der Waals surface area contributed by atoms with Crippen molar-refractivity contribution in [2.24, 2.45) is 11.8 Å². The van der Waals surface area contributed by atoms with E-state index in [0.717, 1.165) is 42.3 Å². The molecular weight excluding hydrogens is 248 g/mol. The van der Waals surface area contributed by atoms with Gasteiger partial charge >= 0.3 is 0 Å². The summed E-state index contributed by atoms with van der Waals surface area (Å²) >= 11 is 0. The van der Waals surface area contributed by atoms with Crippen molar-refractivity contribution >= 4 is 11.6 Å². The first-order chi connectivity index (χ1) is 9.71. The number of aromatic nitrogens is 2. The van der Waals surface area contributed by atoms with Crippen molar-refractivity contribution in [1.29, 1.82) is 0 Å². The molecule has 112 valence electrons. The van der Waals surface area contributed by atoms with Crippen molar-refractivity contribution in [3.8, 4) is 0 Å². The summed E-state index contributed by atoms with van der Waals surface area (Å²) in [6, 6.07) is 1.99. The first-order valence-electron chi connectivity index (χ1n) is 8.00. The van der Waals surface area contributed by atoms with Crippen LogP contribution in [-0.2, 0) is 6.42 Å². The number of aryl methyl sites for hydroxylation is 1. The maximum atomic E-state index is 4.54. The second-order valence-corrected chi connectivity index (χ2v) is 6.01. The van der Waals surface area contributed by atoms with E-state index in [-0.39, 0.29) is 0 Å². The molecule has 1 aromatic rings. The van der Waals surface area contributed by atoms with Gasteiger partial charge in [-0.1, -0.05) is 33.1 Å². The van der Waals surface area contributed by atoms with Gasteiger partial charge < -0.3 is 10.6 Å². The molecule has 1 aliphatic rings. The Morgan fingerprint density at radius 3 is 2.75 bits per heavy atom. The van der Waals surface area contributed by atoms with Crippen LogP contribution < -0.4 is 10.6 Å². The van der Waals surface area contributed by atoms with Crippen LogP contribution in [0.25, 0.3) is 0 Å². The summed E-state index contributed by atoms with van der Waals surface area (Å²) in [4.78, 5) is 8.95. The molecule has 0 bridgehead atoms. The van der Waals surface area contributed by atoms with Gasteiger partial charge in [-0.05, 0) is 24.7 Å². The number of anilines is 2. The van der Waals surface area contributed by atoms with Crippen LogP contribution in [0.3, 0.4) is 0 Å². The zero-order valence-electron chi connectivity index (χ0n) is 13.1. The second-order valence-electron chi connectivity index (χ2n) is 6.01. The number of rotatable bonds is 6. The summed E-state index contributed by atoms with van der Waals surface area (Å²) in [5, 5.41) is 6.56. The maximum absolute atomic E-state index is 4.54. The van der Waals surface area contributed by atoms with Crippen LogP contribution >= 0.6 is 0 Å². The predicted molar refractivity (Wildman–Crippen MR) is 85.2 cm³/mol. The Bertz CT molecular complexity index is 397. The Hall–Kier alpha value is -1.32. The lowest BCUT2D eigenvalue weighted by Crippen LogP contribution is -2.17. The van der Waals surface area contributed by atoms with E-state index in [1.807, 2.05) is 13.1 Å². The van der Waals surface area contributed by atoms with Gasteiger partial charge in [-0.15, -0.1) is 0 Å². The van der Waals surface area contributed by atoms with Gasteiger partial charge in [-0.2, -0.15) is 0 Å². The maximum Gasteiger partial charge on any atom is 0.132 e. The highest BCUT2D eigenvalue weighted by molar-refractivity contribution is 5.47. The lowest BCUT2D eigenvalue weighted by atomic mass is 9.81. The lowest BCUT2D eigenvalue weighted by Gasteiger charge is -2.26. The average molecular weight is 276 g/mol. The van der Waals surface area contributed by atoms with Gasteiger partial charge in [0.15, 0.2) is 0 Å². The molecule has 0 aliphatic heterocycles. The zero-order valence-corrected chi connectivity index (χ0v) is 13.1. The highest BCUT2D eigenvalue weighted by atomic mass is 15.1. The SMILES string of the molecule is CCc1nc(NC)cc(NCCC2CCCC(C)C2)n1. The van der Waals surface area contributed by atoms with Crippen molar-refractivity contribution in [2.75, 3.05) is 24.2 Å². The Kier molecular flexibility index (Phi) is 5.62. The molecule has 0 aromatic carbocycles. The van der Waals surface area contributed by atoms with Gasteiger partial charge in [0.05, 0.1) is 0 Å². The van der Waals surface area contributed by atoms with Crippen LogP contribution in [0.5, 0.6) is 0 Å². The molecule has 2 unspecified atom stereocenters. The van der Waals surface area contributed by atoms with Crippen LogP contribution in [0.15, 0.2) is 6.07 Å². The summed E-state index contributed by atoms with van der Waals surface area (Å²) < 4.78 is 0. The summed E-state index contributed by atoms with van der Waals surface area (Å²) in [7, 11) is 1.90. The van der Waals surface area contributed by atoms with E-state index in [0.29, 0.717) is 0 Å². The minimum absolute atomic E-state index is 0.865. The van der Waals surface area contributed by atoms with Crippen molar-refractivity contribution < 1.29 is 0 Å². The molecule has 1 aliphatic carbocycles. The van der Waals surface area contributed by atoms with Crippen LogP contribution in [0.1, 0.15) is 51.8 Å². The number of nitrogens with zero attached hydrogens (tertiary/aromatic N) is 2. The van der Waals surface area contributed by atoms with E-state index in [1.165, 1.54) is 32.1 Å². The quantitative estimate of drug-likeness (QED) is 0.831. The van der Waals surface area contributed by atoms with Crippen LogP contribution in [-0.4, -0.2) is 23.6 Å². The zero-order chi connectivity index (χ0) is 14.4. The summed E-state index contributed by atoms with van der Waals surface area (Å²) in [5.74, 6) is 4.54. The molecule has 4 heteroatoms. The highest BCUT2D eigenvalue weighted by Gasteiger charge is 2.18. The van der Waals surface area contributed by atoms with E-state index in [4.69, 9.17) is 0 Å². The van der Waals surface area contributed by atoms with E-state index < -0.39 is 0 Å². The first kappa shape index (κ1) is 15.1. The molecule has 1 heterocycles. The number of hydrogen-bond donors (Lipinski definition) is 2. The highest BCUT2D eigenvalue weighted by Crippen LogP contribution is 2.30. The fourth-order valence-corrected chi connectivity index (χ4v) is 3.10. The van der Waals surface area contributed by atoms with E-state index in [1.54, 1.807) is 0 Å². The Labute approximate surface area is 122 Å². The van der Waals surface area contributed by atoms with Crippen LogP contribution in [0.4, 0.5) is 11.6 Å². The fraction of sp³-hybridized carbons (Fsp3) is 0.750. The van der Waals surface area contributed by atoms with Crippen LogP contribution in [0, 0.1) is 11.8 Å². The Morgan fingerprint density at radius 2 is 2.05 bits per heavy atom. The van der Waals surface area contributed by atoms with E-state index in [2.05, 4.69) is 34.4 Å². The van der Waals surface area contributed by atoms with Crippen molar-refractivity contribution in [1.82, 2.24) is 9.97 Å². The molecule has 0 spiro atoms. The molecule has 1 aromatic heterocycles. The fourth-order valence-electron chi connectivity index (χ4n) is 3.10. The van der Waals surface area contributed by atoms with E-state index in [9.17, 15) is 0 Å². The standard InChI is InChI=1S/C16H28N4/c1-4-14-19-15(17-3)11-16(20-14)18-9-8-13-7-5-6-12(2)10-13/h11-13H,4-10H2,1-3H3,(H2,17,18,19,20). The largest absolute Gasteiger partial charge is 0.373 e. The van der Waals surface area contributed by atoms with Gasteiger partial charge in [0, 0.05) is 26.1 Å².